The lowest BCUT2D eigenvalue weighted by Crippen LogP contribution is -2.29. The van der Waals surface area contributed by atoms with Crippen LogP contribution in [-0.4, -0.2) is 37.5 Å². The fourth-order valence-electron chi connectivity index (χ4n) is 2.89. The van der Waals surface area contributed by atoms with E-state index in [-0.39, 0.29) is 19.4 Å². The quantitative estimate of drug-likeness (QED) is 0.522. The van der Waals surface area contributed by atoms with Gasteiger partial charge in [0.25, 0.3) is 0 Å². The number of nitrogens with zero attached hydrogens (tertiary/aromatic N) is 3. The maximum atomic E-state index is 10.9. The number of anilines is 1. The Morgan fingerprint density at radius 3 is 2.78 bits per heavy atom. The van der Waals surface area contributed by atoms with Gasteiger partial charge >= 0.3 is 0 Å². The van der Waals surface area contributed by atoms with E-state index in [1.54, 1.807) is 12.1 Å². The number of benzene rings is 1. The van der Waals surface area contributed by atoms with Gasteiger partial charge in [-0.15, -0.1) is 6.42 Å². The summed E-state index contributed by atoms with van der Waals surface area (Å²) in [4.78, 5) is 3.92. The first kappa shape index (κ1) is 18.9. The molecule has 1 aromatic carbocycles. The first-order valence-electron chi connectivity index (χ1n) is 8.62. The zero-order valence-corrected chi connectivity index (χ0v) is 14.8. The molecule has 2 unspecified atom stereocenters. The molecule has 0 bridgehead atoms. The third-order valence-corrected chi connectivity index (χ3v) is 4.41. The van der Waals surface area contributed by atoms with Crippen LogP contribution >= 0.6 is 0 Å². The molecule has 0 amide bonds. The summed E-state index contributed by atoms with van der Waals surface area (Å²) in [6.07, 6.45) is 6.55. The lowest BCUT2D eigenvalue weighted by Gasteiger charge is -2.23. The molecule has 0 aliphatic carbocycles. The molecule has 140 valence electrons. The molecule has 2 atom stereocenters. The van der Waals surface area contributed by atoms with E-state index < -0.39 is 11.7 Å². The summed E-state index contributed by atoms with van der Waals surface area (Å²) in [5, 5.41) is 25.2. The summed E-state index contributed by atoms with van der Waals surface area (Å²) >= 11 is 0. The highest BCUT2D eigenvalue weighted by Crippen LogP contribution is 2.28. The van der Waals surface area contributed by atoms with Crippen LogP contribution in [0.3, 0.4) is 0 Å². The Hall–Kier alpha value is -2.92. The number of hydrogen-bond acceptors (Lipinski definition) is 6. The summed E-state index contributed by atoms with van der Waals surface area (Å²) in [6, 6.07) is 13.1. The Morgan fingerprint density at radius 1 is 1.26 bits per heavy atom. The third-order valence-electron chi connectivity index (χ3n) is 4.41. The van der Waals surface area contributed by atoms with Crippen molar-refractivity contribution in [2.24, 2.45) is 0 Å². The Balaban J connectivity index is 1.60. The molecule has 0 radical (unpaired) electrons. The summed E-state index contributed by atoms with van der Waals surface area (Å²) < 4.78 is 7.00. The minimum absolute atomic E-state index is 0.148. The minimum Gasteiger partial charge on any atom is -0.391 e. The molecular formula is C20H22N4O3. The van der Waals surface area contributed by atoms with E-state index in [0.29, 0.717) is 23.6 Å². The van der Waals surface area contributed by atoms with Gasteiger partial charge in [-0.05, 0) is 30.5 Å². The van der Waals surface area contributed by atoms with Crippen LogP contribution in [0.15, 0.2) is 48.8 Å². The van der Waals surface area contributed by atoms with Gasteiger partial charge in [0.15, 0.2) is 11.4 Å². The van der Waals surface area contributed by atoms with Crippen molar-refractivity contribution in [2.75, 3.05) is 12.3 Å². The number of aliphatic hydroxyl groups excluding tert-OH is 1. The van der Waals surface area contributed by atoms with Gasteiger partial charge in [0.2, 0.25) is 0 Å². The number of nitrogen functional groups attached to an aromatic ring is 1. The molecule has 2 heterocycles. The number of rotatable bonds is 8. The number of aromatic nitrogens is 3. The molecule has 0 spiro atoms. The van der Waals surface area contributed by atoms with Gasteiger partial charge in [0.1, 0.15) is 11.8 Å². The van der Waals surface area contributed by atoms with Crippen LogP contribution in [0.1, 0.15) is 24.1 Å². The van der Waals surface area contributed by atoms with Gasteiger partial charge in [-0.3, -0.25) is 0 Å². The molecule has 7 nitrogen and oxygen atoms in total. The average molecular weight is 366 g/mol. The lowest BCUT2D eigenvalue weighted by atomic mass is 9.93. The molecule has 0 saturated carbocycles. The maximum absolute atomic E-state index is 10.9. The predicted octanol–water partition coefficient (Wildman–Crippen LogP) is 1.49. The average Bonchev–Trinajstić information content (AvgIpc) is 3.13. The zero-order valence-electron chi connectivity index (χ0n) is 14.8. The largest absolute Gasteiger partial charge is 0.391 e. The van der Waals surface area contributed by atoms with Crippen molar-refractivity contribution < 1.29 is 14.9 Å². The third kappa shape index (κ3) is 4.26. The van der Waals surface area contributed by atoms with Crippen molar-refractivity contribution in [2.45, 2.75) is 31.2 Å². The first-order chi connectivity index (χ1) is 13.0. The molecule has 0 fully saturated rings. The van der Waals surface area contributed by atoms with E-state index in [2.05, 4.69) is 16.0 Å². The van der Waals surface area contributed by atoms with Crippen molar-refractivity contribution >= 4 is 11.3 Å². The minimum atomic E-state index is -1.59. The van der Waals surface area contributed by atoms with Crippen LogP contribution in [0, 0.1) is 12.3 Å². The lowest BCUT2D eigenvalue weighted by molar-refractivity contribution is 0.00610. The molecule has 0 aliphatic heterocycles. The fourth-order valence-corrected chi connectivity index (χ4v) is 2.89. The van der Waals surface area contributed by atoms with E-state index in [0.717, 1.165) is 5.56 Å². The van der Waals surface area contributed by atoms with Gasteiger partial charge in [-0.2, -0.15) is 5.10 Å². The van der Waals surface area contributed by atoms with E-state index in [1.165, 1.54) is 10.8 Å². The Kier molecular flexibility index (Phi) is 5.72. The summed E-state index contributed by atoms with van der Waals surface area (Å²) in [5.41, 5.74) is 6.23. The van der Waals surface area contributed by atoms with Gasteiger partial charge in [-0.25, -0.2) is 9.50 Å². The van der Waals surface area contributed by atoms with Crippen LogP contribution in [0.2, 0.25) is 0 Å². The van der Waals surface area contributed by atoms with Crippen LogP contribution in [0.25, 0.3) is 5.52 Å². The fraction of sp³-hybridized carbons (Fsp3) is 0.300. The highest BCUT2D eigenvalue weighted by atomic mass is 16.5. The van der Waals surface area contributed by atoms with Crippen LogP contribution in [0.5, 0.6) is 0 Å². The standard InChI is InChI=1S/C20H22N4O3/c1-2-20(26,18-9-8-17-19(21)22-14-23-24(17)18)11-10-16(25)13-27-12-15-6-4-3-5-7-15/h1,3-9,14,16,25-26H,10-13H2,(H2,21,22,23). The zero-order chi connectivity index (χ0) is 19.3. The number of terminal acetylenes is 1. The second kappa shape index (κ2) is 8.18. The number of ether oxygens (including phenoxy) is 1. The van der Waals surface area contributed by atoms with E-state index >= 15 is 0 Å². The molecule has 0 saturated heterocycles. The summed E-state index contributed by atoms with van der Waals surface area (Å²) in [7, 11) is 0. The van der Waals surface area contributed by atoms with Crippen LogP contribution in [0.4, 0.5) is 5.82 Å². The van der Waals surface area contributed by atoms with Crippen molar-refractivity contribution in [1.29, 1.82) is 0 Å². The second-order valence-electron chi connectivity index (χ2n) is 6.36. The molecule has 4 N–H and O–H groups in total. The molecule has 3 aromatic rings. The molecule has 2 aromatic heterocycles. The molecule has 27 heavy (non-hydrogen) atoms. The molecule has 3 rings (SSSR count). The number of fused-ring (bicyclic) bond motifs is 1. The maximum Gasteiger partial charge on any atom is 0.167 e. The number of aliphatic hydroxyl groups is 2. The van der Waals surface area contributed by atoms with E-state index in [4.69, 9.17) is 16.9 Å². The Morgan fingerprint density at radius 2 is 2.04 bits per heavy atom. The van der Waals surface area contributed by atoms with Crippen molar-refractivity contribution in [3.05, 3.63) is 60.0 Å². The van der Waals surface area contributed by atoms with Crippen molar-refractivity contribution in [1.82, 2.24) is 14.6 Å². The first-order valence-corrected chi connectivity index (χ1v) is 8.62. The highest BCUT2D eigenvalue weighted by molar-refractivity contribution is 5.65. The van der Waals surface area contributed by atoms with Crippen molar-refractivity contribution in [3.63, 3.8) is 0 Å². The summed E-state index contributed by atoms with van der Waals surface area (Å²) in [6.45, 7) is 0.566. The Labute approximate surface area is 157 Å². The SMILES string of the molecule is C#CC(O)(CCC(O)COCc1ccccc1)c1ccc2c(N)ncnn12. The molecule has 7 heteroatoms. The van der Waals surface area contributed by atoms with E-state index in [1.807, 2.05) is 30.3 Å². The predicted molar refractivity (Wildman–Crippen MR) is 101 cm³/mol. The van der Waals surface area contributed by atoms with Gasteiger partial charge < -0.3 is 20.7 Å². The van der Waals surface area contributed by atoms with Crippen molar-refractivity contribution in [3.8, 4) is 12.3 Å². The normalized spacial score (nSPS) is 14.6. The van der Waals surface area contributed by atoms with Crippen LogP contribution < -0.4 is 5.73 Å². The second-order valence-corrected chi connectivity index (χ2v) is 6.36. The highest BCUT2D eigenvalue weighted by Gasteiger charge is 2.31. The molecule has 0 aliphatic rings. The monoisotopic (exact) mass is 366 g/mol. The smallest absolute Gasteiger partial charge is 0.167 e. The topological polar surface area (TPSA) is 106 Å². The van der Waals surface area contributed by atoms with Gasteiger partial charge in [0, 0.05) is 0 Å². The van der Waals surface area contributed by atoms with Crippen LogP contribution in [-0.2, 0) is 16.9 Å². The van der Waals surface area contributed by atoms with Gasteiger partial charge in [-0.1, -0.05) is 36.3 Å². The summed E-state index contributed by atoms with van der Waals surface area (Å²) in [5.74, 6) is 2.71. The Bertz CT molecular complexity index is 935. The van der Waals surface area contributed by atoms with E-state index in [9.17, 15) is 10.2 Å². The van der Waals surface area contributed by atoms with Gasteiger partial charge in [0.05, 0.1) is 25.0 Å². The molecular weight excluding hydrogens is 344 g/mol. The number of hydrogen-bond donors (Lipinski definition) is 3. The number of nitrogens with two attached hydrogens (primary N) is 1.